The van der Waals surface area contributed by atoms with Crippen LogP contribution < -0.4 is 0 Å². The fourth-order valence-electron chi connectivity index (χ4n) is 7.91. The summed E-state index contributed by atoms with van der Waals surface area (Å²) in [5, 5.41) is 0.565. The van der Waals surface area contributed by atoms with Gasteiger partial charge in [-0.3, -0.25) is 9.59 Å². The molecular weight excluding hydrogens is 784 g/mol. The van der Waals surface area contributed by atoms with Crippen molar-refractivity contribution in [2.75, 3.05) is 32.7 Å². The van der Waals surface area contributed by atoms with Gasteiger partial charge < -0.3 is 14.4 Å². The van der Waals surface area contributed by atoms with E-state index in [0.717, 1.165) is 11.1 Å². The van der Waals surface area contributed by atoms with Crippen molar-refractivity contribution >= 4 is 45.9 Å². The number of imidazole rings is 1. The molecule has 1 aromatic heterocycles. The third-order valence-corrected chi connectivity index (χ3v) is 11.8. The van der Waals surface area contributed by atoms with Crippen LogP contribution in [0.5, 0.6) is 0 Å². The van der Waals surface area contributed by atoms with Gasteiger partial charge in [0.25, 0.3) is 5.91 Å². The Morgan fingerprint density at radius 1 is 0.804 bits per heavy atom. The first-order chi connectivity index (χ1) is 26.5. The minimum atomic E-state index is -5.10. The number of piperidine rings is 1. The standard InChI is InChI=1S/C41H35Cl2F7N4O2/c42-31-10-9-28(22-32(31)43)39(14-18-53(24-39)38(56)27-19-29(40(45,46)47)21-30(20-27)41(48,49)50)13-17-52-15-11-25(12-16-52)36(55)37-51-34-7-3-4-8-35(34)54(37)23-26-5-1-2-6-33(26)44/h1-10,19-22,25H,11-18,23-24H2. The number of Topliss-reactive ketones (excluding diaryl/α,β-unsaturated/α-hetero) is 1. The summed E-state index contributed by atoms with van der Waals surface area (Å²) in [6.07, 6.45) is -8.29. The number of hydrogen-bond donors (Lipinski definition) is 0. The molecule has 2 saturated heterocycles. The molecule has 0 bridgehead atoms. The molecule has 1 amide bonds. The van der Waals surface area contributed by atoms with Gasteiger partial charge >= 0.3 is 12.4 Å². The SMILES string of the molecule is O=C(c1nc2ccccc2n1Cc1ccccc1F)C1CCN(CCC2(c3ccc(Cl)c(Cl)c3)CCN(C(=O)c3cc(C(F)(F)F)cc(C(F)(F)F)c3)C2)CC1. The van der Waals surface area contributed by atoms with Crippen molar-refractivity contribution in [3.05, 3.63) is 134 Å². The smallest absolute Gasteiger partial charge is 0.338 e. The summed E-state index contributed by atoms with van der Waals surface area (Å²) in [6, 6.07) is 19.7. The van der Waals surface area contributed by atoms with Crippen molar-refractivity contribution < 1.29 is 40.3 Å². The third-order valence-electron chi connectivity index (χ3n) is 11.0. The Hall–Kier alpha value is -4.46. The Kier molecular flexibility index (Phi) is 11.0. The van der Waals surface area contributed by atoms with Crippen molar-refractivity contribution in [3.63, 3.8) is 0 Å². The number of nitrogens with zero attached hydrogens (tertiary/aromatic N) is 4. The topological polar surface area (TPSA) is 58.4 Å². The van der Waals surface area contributed by atoms with E-state index < -0.39 is 40.4 Å². The van der Waals surface area contributed by atoms with Crippen LogP contribution in [0.15, 0.2) is 84.9 Å². The highest BCUT2D eigenvalue weighted by Crippen LogP contribution is 2.42. The quantitative estimate of drug-likeness (QED) is 0.110. The second kappa shape index (κ2) is 15.5. The van der Waals surface area contributed by atoms with Crippen molar-refractivity contribution in [1.29, 1.82) is 0 Å². The number of para-hydroxylation sites is 2. The molecule has 4 aromatic carbocycles. The monoisotopic (exact) mass is 818 g/mol. The van der Waals surface area contributed by atoms with Crippen LogP contribution in [-0.2, 0) is 24.3 Å². The summed E-state index contributed by atoms with van der Waals surface area (Å²) in [7, 11) is 0. The molecule has 0 aliphatic carbocycles. The first-order valence-electron chi connectivity index (χ1n) is 18.0. The van der Waals surface area contributed by atoms with E-state index in [1.165, 1.54) is 11.0 Å². The zero-order valence-corrected chi connectivity index (χ0v) is 31.3. The van der Waals surface area contributed by atoms with E-state index in [4.69, 9.17) is 23.2 Å². The summed E-state index contributed by atoms with van der Waals surface area (Å²) in [5.74, 6) is -1.51. The lowest BCUT2D eigenvalue weighted by molar-refractivity contribution is -0.143. The summed E-state index contributed by atoms with van der Waals surface area (Å²) >= 11 is 12.6. The Morgan fingerprint density at radius 2 is 1.46 bits per heavy atom. The maximum atomic E-state index is 14.7. The number of ketones is 1. The minimum Gasteiger partial charge on any atom is -0.338 e. The summed E-state index contributed by atoms with van der Waals surface area (Å²) < 4.78 is 98.2. The van der Waals surface area contributed by atoms with E-state index in [1.54, 1.807) is 41.0 Å². The van der Waals surface area contributed by atoms with E-state index in [9.17, 15) is 40.3 Å². The van der Waals surface area contributed by atoms with Crippen LogP contribution in [0.2, 0.25) is 10.0 Å². The molecule has 7 rings (SSSR count). The molecule has 0 N–H and O–H groups in total. The van der Waals surface area contributed by atoms with Gasteiger partial charge in [0.15, 0.2) is 5.82 Å². The van der Waals surface area contributed by atoms with Gasteiger partial charge in [-0.15, -0.1) is 0 Å². The molecule has 6 nitrogen and oxygen atoms in total. The van der Waals surface area contributed by atoms with Crippen LogP contribution >= 0.6 is 23.2 Å². The summed E-state index contributed by atoms with van der Waals surface area (Å²) in [4.78, 5) is 35.8. The minimum absolute atomic E-state index is 0.000437. The Bertz CT molecular complexity index is 2250. The first kappa shape index (κ1) is 39.8. The average Bonchev–Trinajstić information content (AvgIpc) is 3.77. The molecule has 56 heavy (non-hydrogen) atoms. The number of fused-ring (bicyclic) bond motifs is 1. The molecule has 0 saturated carbocycles. The molecule has 2 aliphatic rings. The Balaban J connectivity index is 1.07. The van der Waals surface area contributed by atoms with Crippen LogP contribution in [0.1, 0.15) is 68.9 Å². The van der Waals surface area contributed by atoms with E-state index in [0.29, 0.717) is 73.6 Å². The van der Waals surface area contributed by atoms with Gasteiger partial charge in [0.2, 0.25) is 5.78 Å². The van der Waals surface area contributed by atoms with E-state index >= 15 is 0 Å². The van der Waals surface area contributed by atoms with Crippen molar-refractivity contribution in [1.82, 2.24) is 19.4 Å². The fraction of sp³-hybridized carbons (Fsp3) is 0.341. The normalized spacial score (nSPS) is 18.6. The number of carbonyl (C=O) groups excluding carboxylic acids is 2. The molecule has 15 heteroatoms. The van der Waals surface area contributed by atoms with E-state index in [-0.39, 0.29) is 54.1 Å². The van der Waals surface area contributed by atoms with Crippen molar-refractivity contribution in [3.8, 4) is 0 Å². The number of halogens is 9. The number of rotatable bonds is 9. The van der Waals surface area contributed by atoms with Crippen LogP contribution in [0.25, 0.3) is 11.0 Å². The lowest BCUT2D eigenvalue weighted by atomic mass is 9.76. The molecule has 2 fully saturated rings. The van der Waals surface area contributed by atoms with Gasteiger partial charge in [-0.2, -0.15) is 26.3 Å². The Morgan fingerprint density at radius 3 is 2.12 bits per heavy atom. The summed E-state index contributed by atoms with van der Waals surface area (Å²) in [6.45, 7) is 1.90. The number of benzene rings is 4. The number of aromatic nitrogens is 2. The zero-order valence-electron chi connectivity index (χ0n) is 29.7. The van der Waals surface area contributed by atoms with Crippen LogP contribution in [-0.4, -0.2) is 63.8 Å². The lowest BCUT2D eigenvalue weighted by Crippen LogP contribution is -2.41. The second-order valence-electron chi connectivity index (χ2n) is 14.5. The molecule has 1 unspecified atom stereocenters. The molecular formula is C41H35Cl2F7N4O2. The van der Waals surface area contributed by atoms with Gasteiger partial charge in [-0.05, 0) is 99.4 Å². The molecule has 0 spiro atoms. The van der Waals surface area contributed by atoms with Gasteiger partial charge in [0.05, 0.1) is 38.8 Å². The number of likely N-dealkylation sites (tertiary alicyclic amines) is 2. The molecule has 5 aromatic rings. The van der Waals surface area contributed by atoms with Gasteiger partial charge in [0.1, 0.15) is 5.82 Å². The number of hydrogen-bond acceptors (Lipinski definition) is 4. The largest absolute Gasteiger partial charge is 0.416 e. The first-order valence-corrected chi connectivity index (χ1v) is 18.8. The van der Waals surface area contributed by atoms with Crippen molar-refractivity contribution in [2.45, 2.75) is 50.0 Å². The molecule has 0 radical (unpaired) electrons. The predicted molar refractivity (Wildman–Crippen MR) is 198 cm³/mol. The van der Waals surface area contributed by atoms with Crippen LogP contribution in [0.4, 0.5) is 30.7 Å². The van der Waals surface area contributed by atoms with Crippen LogP contribution in [0.3, 0.4) is 0 Å². The highest BCUT2D eigenvalue weighted by Gasteiger charge is 2.44. The maximum absolute atomic E-state index is 14.7. The summed E-state index contributed by atoms with van der Waals surface area (Å²) in [5.41, 5.74) is -2.04. The van der Waals surface area contributed by atoms with Gasteiger partial charge in [0, 0.05) is 35.5 Å². The number of carbonyl (C=O) groups is 2. The molecule has 3 heterocycles. The second-order valence-corrected chi connectivity index (χ2v) is 15.3. The average molecular weight is 820 g/mol. The van der Waals surface area contributed by atoms with E-state index in [1.807, 2.05) is 24.3 Å². The molecule has 294 valence electrons. The predicted octanol–water partition coefficient (Wildman–Crippen LogP) is 10.3. The number of amides is 1. The lowest BCUT2D eigenvalue weighted by Gasteiger charge is -2.36. The highest BCUT2D eigenvalue weighted by atomic mass is 35.5. The van der Waals surface area contributed by atoms with Crippen LogP contribution in [0, 0.1) is 11.7 Å². The third kappa shape index (κ3) is 8.17. The van der Waals surface area contributed by atoms with Crippen molar-refractivity contribution in [2.24, 2.45) is 5.92 Å². The van der Waals surface area contributed by atoms with E-state index in [2.05, 4.69) is 9.88 Å². The maximum Gasteiger partial charge on any atom is 0.416 e. The zero-order chi connectivity index (χ0) is 40.0. The van der Waals surface area contributed by atoms with Gasteiger partial charge in [-0.25, -0.2) is 9.37 Å². The van der Waals surface area contributed by atoms with Gasteiger partial charge in [-0.1, -0.05) is 59.6 Å². The highest BCUT2D eigenvalue weighted by molar-refractivity contribution is 6.42. The number of alkyl halides is 6. The molecule has 2 aliphatic heterocycles. The molecule has 1 atom stereocenters. The fourth-order valence-corrected chi connectivity index (χ4v) is 8.21. The Labute approximate surface area is 327 Å².